The van der Waals surface area contributed by atoms with E-state index in [0.29, 0.717) is 35.6 Å². The Hall–Kier alpha value is -3.78. The number of fused-ring (bicyclic) bond motifs is 1. The van der Waals surface area contributed by atoms with Gasteiger partial charge in [0.1, 0.15) is 12.1 Å². The van der Waals surface area contributed by atoms with Crippen molar-refractivity contribution in [2.24, 2.45) is 11.1 Å². The van der Waals surface area contributed by atoms with Gasteiger partial charge in [0.25, 0.3) is 0 Å². The van der Waals surface area contributed by atoms with Crippen LogP contribution in [0.5, 0.6) is 5.75 Å². The summed E-state index contributed by atoms with van der Waals surface area (Å²) in [5.41, 5.74) is 13.1. The molecule has 3 aliphatic rings. The number of piperidine rings is 1. The smallest absolute Gasteiger partial charge is 0.249 e. The van der Waals surface area contributed by atoms with Crippen LogP contribution in [0.25, 0.3) is 11.3 Å². The first kappa shape index (κ1) is 26.4. The molecule has 3 aromatic rings. The standard InChI is InChI=1S/C32H37N5O3/c1-21-15-28(35-20-34-21)24-4-8-26-23(16-24)5-9-29(26)37-18-32(19-37)11-13-36(14-12-32)30(38)10-6-22-3-7-25(40-2)17-27(22)31(33)39/h3-4,7-8,15-17,20,29H,5-6,9-14,18-19H2,1-2H3,(H2,33,39). The molecule has 1 aromatic heterocycles. The Labute approximate surface area is 235 Å². The van der Waals surface area contributed by atoms with E-state index in [1.165, 1.54) is 23.1 Å². The molecule has 3 heterocycles. The van der Waals surface area contributed by atoms with Gasteiger partial charge in [0.05, 0.1) is 12.8 Å². The highest BCUT2D eigenvalue weighted by atomic mass is 16.5. The van der Waals surface area contributed by atoms with Crippen LogP contribution < -0.4 is 10.5 Å². The van der Waals surface area contributed by atoms with E-state index in [9.17, 15) is 9.59 Å². The largest absolute Gasteiger partial charge is 0.497 e. The number of amides is 2. The van der Waals surface area contributed by atoms with E-state index in [0.717, 1.165) is 62.4 Å². The van der Waals surface area contributed by atoms with Crippen molar-refractivity contribution in [2.75, 3.05) is 33.3 Å². The molecule has 1 spiro atoms. The van der Waals surface area contributed by atoms with E-state index in [4.69, 9.17) is 10.5 Å². The van der Waals surface area contributed by atoms with Gasteiger partial charge in [0, 0.05) is 55.5 Å². The molecule has 0 radical (unpaired) electrons. The van der Waals surface area contributed by atoms with Crippen molar-refractivity contribution in [3.05, 3.63) is 76.7 Å². The molecule has 40 heavy (non-hydrogen) atoms. The molecule has 1 unspecified atom stereocenters. The molecule has 2 aliphatic heterocycles. The molecule has 8 heteroatoms. The predicted octanol–water partition coefficient (Wildman–Crippen LogP) is 4.10. The Kier molecular flexibility index (Phi) is 7.04. The molecule has 0 bridgehead atoms. The number of primary amides is 1. The second-order valence-corrected chi connectivity index (χ2v) is 11.7. The van der Waals surface area contributed by atoms with E-state index >= 15 is 0 Å². The normalized spacial score (nSPS) is 19.8. The van der Waals surface area contributed by atoms with Crippen molar-refractivity contribution in [1.82, 2.24) is 19.8 Å². The van der Waals surface area contributed by atoms with Gasteiger partial charge < -0.3 is 15.4 Å². The maximum Gasteiger partial charge on any atom is 0.249 e. The van der Waals surface area contributed by atoms with Gasteiger partial charge >= 0.3 is 0 Å². The van der Waals surface area contributed by atoms with Crippen LogP contribution >= 0.6 is 0 Å². The zero-order valence-electron chi connectivity index (χ0n) is 23.4. The fourth-order valence-electron chi connectivity index (χ4n) is 6.86. The van der Waals surface area contributed by atoms with Crippen LogP contribution in [-0.4, -0.2) is 64.9 Å². The topological polar surface area (TPSA) is 102 Å². The molecule has 2 aromatic carbocycles. The van der Waals surface area contributed by atoms with Crippen LogP contribution in [0.15, 0.2) is 48.8 Å². The summed E-state index contributed by atoms with van der Waals surface area (Å²) in [5.74, 6) is 0.238. The van der Waals surface area contributed by atoms with Gasteiger partial charge in [-0.15, -0.1) is 0 Å². The van der Waals surface area contributed by atoms with Crippen LogP contribution in [0, 0.1) is 12.3 Å². The first-order chi connectivity index (χ1) is 19.3. The van der Waals surface area contributed by atoms with Crippen molar-refractivity contribution in [2.45, 2.75) is 51.5 Å². The first-order valence-corrected chi connectivity index (χ1v) is 14.2. The van der Waals surface area contributed by atoms with Crippen molar-refractivity contribution in [1.29, 1.82) is 0 Å². The second-order valence-electron chi connectivity index (χ2n) is 11.7. The van der Waals surface area contributed by atoms with Gasteiger partial charge in [0.15, 0.2) is 0 Å². The van der Waals surface area contributed by atoms with Crippen LogP contribution in [-0.2, 0) is 17.6 Å². The molecule has 1 aliphatic carbocycles. The molecule has 6 rings (SSSR count). The quantitative estimate of drug-likeness (QED) is 0.485. The second kappa shape index (κ2) is 10.7. The number of aromatic nitrogens is 2. The highest BCUT2D eigenvalue weighted by Crippen LogP contribution is 2.48. The summed E-state index contributed by atoms with van der Waals surface area (Å²) in [4.78, 5) is 38.2. The highest BCUT2D eigenvalue weighted by Gasteiger charge is 2.48. The monoisotopic (exact) mass is 539 g/mol. The fraction of sp³-hybridized carbons (Fsp3) is 0.438. The Bertz CT molecular complexity index is 1440. The zero-order valence-corrected chi connectivity index (χ0v) is 23.4. The number of hydrogen-bond acceptors (Lipinski definition) is 6. The molecule has 208 valence electrons. The molecule has 1 atom stereocenters. The number of likely N-dealkylation sites (tertiary alicyclic amines) is 2. The Balaban J connectivity index is 1.01. The Morgan fingerprint density at radius 2 is 1.88 bits per heavy atom. The maximum atomic E-state index is 13.0. The lowest BCUT2D eigenvalue weighted by Gasteiger charge is -2.56. The Morgan fingerprint density at radius 3 is 2.60 bits per heavy atom. The lowest BCUT2D eigenvalue weighted by molar-refractivity contribution is -0.137. The first-order valence-electron chi connectivity index (χ1n) is 14.2. The summed E-state index contributed by atoms with van der Waals surface area (Å²) < 4.78 is 5.21. The van der Waals surface area contributed by atoms with Crippen molar-refractivity contribution in [3.63, 3.8) is 0 Å². The number of hydrogen-bond donors (Lipinski definition) is 1. The molecular formula is C32H37N5O3. The average molecular weight is 540 g/mol. The van der Waals surface area contributed by atoms with Gasteiger partial charge in [-0.25, -0.2) is 9.97 Å². The molecule has 2 fully saturated rings. The number of nitrogens with zero attached hydrogens (tertiary/aromatic N) is 4. The summed E-state index contributed by atoms with van der Waals surface area (Å²) in [6.07, 6.45) is 6.89. The van der Waals surface area contributed by atoms with Gasteiger partial charge in [-0.1, -0.05) is 18.2 Å². The Morgan fingerprint density at radius 1 is 1.07 bits per heavy atom. The number of nitrogens with two attached hydrogens (primary N) is 1. The van der Waals surface area contributed by atoms with Crippen molar-refractivity contribution < 1.29 is 14.3 Å². The average Bonchev–Trinajstić information content (AvgIpc) is 3.37. The van der Waals surface area contributed by atoms with E-state index in [2.05, 4.69) is 33.1 Å². The number of benzene rings is 2. The number of methoxy groups -OCH3 is 1. The van der Waals surface area contributed by atoms with E-state index in [1.807, 2.05) is 24.0 Å². The van der Waals surface area contributed by atoms with Gasteiger partial charge in [-0.2, -0.15) is 0 Å². The lowest BCUT2D eigenvalue weighted by atomic mass is 9.71. The van der Waals surface area contributed by atoms with Crippen LogP contribution in [0.2, 0.25) is 0 Å². The van der Waals surface area contributed by atoms with E-state index in [-0.39, 0.29) is 5.91 Å². The van der Waals surface area contributed by atoms with Crippen molar-refractivity contribution >= 4 is 11.8 Å². The molecule has 8 nitrogen and oxygen atoms in total. The van der Waals surface area contributed by atoms with Gasteiger partial charge in [0.2, 0.25) is 11.8 Å². The number of rotatable bonds is 7. The van der Waals surface area contributed by atoms with Crippen LogP contribution in [0.4, 0.5) is 0 Å². The van der Waals surface area contributed by atoms with Crippen molar-refractivity contribution in [3.8, 4) is 17.0 Å². The van der Waals surface area contributed by atoms with E-state index in [1.54, 1.807) is 25.6 Å². The summed E-state index contributed by atoms with van der Waals surface area (Å²) in [5, 5.41) is 0. The van der Waals surface area contributed by atoms with Crippen LogP contribution in [0.3, 0.4) is 0 Å². The fourth-order valence-corrected chi connectivity index (χ4v) is 6.86. The molecule has 0 saturated carbocycles. The van der Waals surface area contributed by atoms with Gasteiger partial charge in [-0.05, 0) is 85.4 Å². The summed E-state index contributed by atoms with van der Waals surface area (Å²) in [6.45, 7) is 5.83. The summed E-state index contributed by atoms with van der Waals surface area (Å²) >= 11 is 0. The number of aryl methyl sites for hydroxylation is 3. The third kappa shape index (κ3) is 5.08. The van der Waals surface area contributed by atoms with Crippen LogP contribution in [0.1, 0.15) is 64.5 Å². The SMILES string of the molecule is COc1ccc(CCC(=O)N2CCC3(CC2)CN(C2CCc4cc(-c5cc(C)ncn5)ccc42)C3)c(C(N)=O)c1. The third-order valence-electron chi connectivity index (χ3n) is 9.17. The predicted molar refractivity (Wildman–Crippen MR) is 153 cm³/mol. The molecule has 2 amide bonds. The molecular weight excluding hydrogens is 502 g/mol. The lowest BCUT2D eigenvalue weighted by Crippen LogP contribution is -2.61. The minimum atomic E-state index is -0.498. The maximum absolute atomic E-state index is 13.0. The molecule has 2 N–H and O–H groups in total. The number of carbonyl (C=O) groups is 2. The highest BCUT2D eigenvalue weighted by molar-refractivity contribution is 5.95. The van der Waals surface area contributed by atoms with E-state index < -0.39 is 5.91 Å². The molecule has 2 saturated heterocycles. The summed E-state index contributed by atoms with van der Waals surface area (Å²) in [6, 6.07) is 14.6. The van der Waals surface area contributed by atoms with Gasteiger partial charge in [-0.3, -0.25) is 14.5 Å². The third-order valence-corrected chi connectivity index (χ3v) is 9.17. The number of carbonyl (C=O) groups excluding carboxylic acids is 2. The zero-order chi connectivity index (χ0) is 27.9. The summed E-state index contributed by atoms with van der Waals surface area (Å²) in [7, 11) is 1.55. The minimum Gasteiger partial charge on any atom is -0.497 e. The minimum absolute atomic E-state index is 0.150. The number of ether oxygens (including phenoxy) is 1.